The SMILES string of the molecule is CCNCc1ccccc1NC(=O)C1CC(=O)N(c2ccc(F)cc2F)C1. The zero-order chi connectivity index (χ0) is 19.4. The lowest BCUT2D eigenvalue weighted by Gasteiger charge is -2.18. The quantitative estimate of drug-likeness (QED) is 0.818. The van der Waals surface area contributed by atoms with Crippen LogP contribution in [-0.4, -0.2) is 24.9 Å². The number of nitrogens with zero attached hydrogens (tertiary/aromatic N) is 1. The van der Waals surface area contributed by atoms with E-state index in [1.54, 1.807) is 6.07 Å². The minimum absolute atomic E-state index is 0.00996. The fourth-order valence-electron chi connectivity index (χ4n) is 3.11. The number of para-hydroxylation sites is 1. The van der Waals surface area contributed by atoms with Gasteiger partial charge in [0, 0.05) is 31.3 Å². The van der Waals surface area contributed by atoms with Crippen molar-refractivity contribution in [2.24, 2.45) is 5.92 Å². The summed E-state index contributed by atoms with van der Waals surface area (Å²) in [7, 11) is 0. The van der Waals surface area contributed by atoms with E-state index < -0.39 is 17.6 Å². The van der Waals surface area contributed by atoms with Crippen LogP contribution in [0, 0.1) is 17.6 Å². The number of anilines is 2. The van der Waals surface area contributed by atoms with E-state index in [4.69, 9.17) is 0 Å². The molecule has 1 fully saturated rings. The average molecular weight is 373 g/mol. The Morgan fingerprint density at radius 3 is 2.74 bits per heavy atom. The zero-order valence-corrected chi connectivity index (χ0v) is 15.0. The van der Waals surface area contributed by atoms with Gasteiger partial charge in [-0.15, -0.1) is 0 Å². The molecular formula is C20H21F2N3O2. The molecule has 2 aromatic rings. The second-order valence-corrected chi connectivity index (χ2v) is 6.43. The molecule has 0 saturated carbocycles. The number of nitrogens with one attached hydrogen (secondary N) is 2. The van der Waals surface area contributed by atoms with Crippen molar-refractivity contribution in [1.29, 1.82) is 0 Å². The first kappa shape index (κ1) is 19.0. The van der Waals surface area contributed by atoms with Gasteiger partial charge in [-0.2, -0.15) is 0 Å². The maximum absolute atomic E-state index is 14.0. The number of benzene rings is 2. The molecule has 2 aromatic carbocycles. The molecule has 5 nitrogen and oxygen atoms in total. The average Bonchev–Trinajstić information content (AvgIpc) is 3.03. The van der Waals surface area contributed by atoms with Gasteiger partial charge < -0.3 is 15.5 Å². The summed E-state index contributed by atoms with van der Waals surface area (Å²) in [6.07, 6.45) is -0.0158. The Kier molecular flexibility index (Phi) is 5.81. The minimum atomic E-state index is -0.819. The number of carbonyl (C=O) groups is 2. The van der Waals surface area contributed by atoms with Crippen molar-refractivity contribution >= 4 is 23.2 Å². The van der Waals surface area contributed by atoms with E-state index in [0.29, 0.717) is 12.2 Å². The standard InChI is InChI=1S/C20H21F2N3O2/c1-2-23-11-13-5-3-4-6-17(13)24-20(27)14-9-19(26)25(12-14)18-8-7-15(21)10-16(18)22/h3-8,10,14,23H,2,9,11-12H2,1H3,(H,24,27). The van der Waals surface area contributed by atoms with Crippen LogP contribution in [0.25, 0.3) is 0 Å². The van der Waals surface area contributed by atoms with Gasteiger partial charge in [-0.3, -0.25) is 9.59 Å². The van der Waals surface area contributed by atoms with Crippen LogP contribution in [0.4, 0.5) is 20.2 Å². The summed E-state index contributed by atoms with van der Waals surface area (Å²) in [5, 5.41) is 6.07. The fraction of sp³-hybridized carbons (Fsp3) is 0.300. The summed E-state index contributed by atoms with van der Waals surface area (Å²) in [4.78, 5) is 26.1. The van der Waals surface area contributed by atoms with Crippen molar-refractivity contribution in [3.05, 3.63) is 59.7 Å². The Morgan fingerprint density at radius 1 is 1.22 bits per heavy atom. The molecule has 1 atom stereocenters. The summed E-state index contributed by atoms with van der Waals surface area (Å²) < 4.78 is 27.1. The first-order valence-corrected chi connectivity index (χ1v) is 8.84. The Hall–Kier alpha value is -2.80. The molecule has 7 heteroatoms. The molecule has 1 aliphatic heterocycles. The van der Waals surface area contributed by atoms with Crippen molar-refractivity contribution in [3.63, 3.8) is 0 Å². The second-order valence-electron chi connectivity index (χ2n) is 6.43. The second kappa shape index (κ2) is 8.26. The Labute approximate surface area is 156 Å². The highest BCUT2D eigenvalue weighted by atomic mass is 19.1. The van der Waals surface area contributed by atoms with Crippen LogP contribution in [0.3, 0.4) is 0 Å². The van der Waals surface area contributed by atoms with Crippen LogP contribution in [-0.2, 0) is 16.1 Å². The van der Waals surface area contributed by atoms with Crippen LogP contribution in [0.15, 0.2) is 42.5 Å². The molecule has 27 heavy (non-hydrogen) atoms. The molecule has 1 unspecified atom stereocenters. The maximum Gasteiger partial charge on any atom is 0.229 e. The number of halogens is 2. The van der Waals surface area contributed by atoms with E-state index in [1.807, 2.05) is 25.1 Å². The minimum Gasteiger partial charge on any atom is -0.325 e. The predicted octanol–water partition coefficient (Wildman–Crippen LogP) is 3.07. The molecule has 1 aliphatic rings. The number of amides is 2. The van der Waals surface area contributed by atoms with E-state index in [9.17, 15) is 18.4 Å². The topological polar surface area (TPSA) is 61.4 Å². The molecule has 2 N–H and O–H groups in total. The molecule has 142 valence electrons. The van der Waals surface area contributed by atoms with Gasteiger partial charge in [0.25, 0.3) is 0 Å². The lowest BCUT2D eigenvalue weighted by molar-refractivity contribution is -0.122. The lowest BCUT2D eigenvalue weighted by atomic mass is 10.1. The van der Waals surface area contributed by atoms with E-state index >= 15 is 0 Å². The third-order valence-corrected chi connectivity index (χ3v) is 4.54. The largest absolute Gasteiger partial charge is 0.325 e. The van der Waals surface area contributed by atoms with Gasteiger partial charge in [-0.05, 0) is 30.3 Å². The highest BCUT2D eigenvalue weighted by molar-refractivity contribution is 6.03. The monoisotopic (exact) mass is 373 g/mol. The van der Waals surface area contributed by atoms with Crippen LogP contribution in [0.1, 0.15) is 18.9 Å². The highest BCUT2D eigenvalue weighted by Crippen LogP contribution is 2.29. The molecular weight excluding hydrogens is 352 g/mol. The summed E-state index contributed by atoms with van der Waals surface area (Å²) >= 11 is 0. The van der Waals surface area contributed by atoms with Crippen molar-refractivity contribution in [2.75, 3.05) is 23.3 Å². The normalized spacial score (nSPS) is 16.6. The molecule has 0 bridgehead atoms. The molecule has 3 rings (SSSR count). The Balaban J connectivity index is 1.71. The first-order valence-electron chi connectivity index (χ1n) is 8.84. The number of hydrogen-bond donors (Lipinski definition) is 2. The molecule has 1 saturated heterocycles. The summed E-state index contributed by atoms with van der Waals surface area (Å²) in [6, 6.07) is 10.5. The van der Waals surface area contributed by atoms with Gasteiger partial charge in [-0.1, -0.05) is 25.1 Å². The Morgan fingerprint density at radius 2 is 2.00 bits per heavy atom. The van der Waals surface area contributed by atoms with Gasteiger partial charge in [0.15, 0.2) is 0 Å². The van der Waals surface area contributed by atoms with E-state index in [-0.39, 0.29) is 30.5 Å². The maximum atomic E-state index is 14.0. The van der Waals surface area contributed by atoms with Crippen LogP contribution >= 0.6 is 0 Å². The third kappa shape index (κ3) is 4.31. The van der Waals surface area contributed by atoms with E-state index in [2.05, 4.69) is 10.6 Å². The van der Waals surface area contributed by atoms with Gasteiger partial charge in [0.1, 0.15) is 11.6 Å². The highest BCUT2D eigenvalue weighted by Gasteiger charge is 2.36. The number of carbonyl (C=O) groups excluding carboxylic acids is 2. The smallest absolute Gasteiger partial charge is 0.229 e. The van der Waals surface area contributed by atoms with Gasteiger partial charge >= 0.3 is 0 Å². The van der Waals surface area contributed by atoms with Crippen molar-refractivity contribution in [2.45, 2.75) is 19.9 Å². The van der Waals surface area contributed by atoms with Gasteiger partial charge in [0.2, 0.25) is 11.8 Å². The molecule has 2 amide bonds. The van der Waals surface area contributed by atoms with Crippen molar-refractivity contribution < 1.29 is 18.4 Å². The van der Waals surface area contributed by atoms with E-state index in [1.165, 1.54) is 11.0 Å². The van der Waals surface area contributed by atoms with Gasteiger partial charge in [0.05, 0.1) is 11.6 Å². The molecule has 1 heterocycles. The fourth-order valence-corrected chi connectivity index (χ4v) is 3.11. The van der Waals surface area contributed by atoms with Crippen LogP contribution in [0.2, 0.25) is 0 Å². The summed E-state index contributed by atoms with van der Waals surface area (Å²) in [5.74, 6) is -2.79. The molecule has 0 radical (unpaired) electrons. The third-order valence-electron chi connectivity index (χ3n) is 4.54. The van der Waals surface area contributed by atoms with Crippen LogP contribution in [0.5, 0.6) is 0 Å². The van der Waals surface area contributed by atoms with Crippen molar-refractivity contribution in [1.82, 2.24) is 5.32 Å². The molecule has 0 aromatic heterocycles. The number of hydrogen-bond acceptors (Lipinski definition) is 3. The Bertz CT molecular complexity index is 857. The summed E-state index contributed by atoms with van der Waals surface area (Å²) in [6.45, 7) is 3.47. The predicted molar refractivity (Wildman–Crippen MR) is 99.3 cm³/mol. The molecule has 0 aliphatic carbocycles. The lowest BCUT2D eigenvalue weighted by Crippen LogP contribution is -2.29. The van der Waals surface area contributed by atoms with Gasteiger partial charge in [-0.25, -0.2) is 8.78 Å². The summed E-state index contributed by atoms with van der Waals surface area (Å²) in [5.41, 5.74) is 1.62. The first-order chi connectivity index (χ1) is 13.0. The number of rotatable bonds is 6. The molecule has 0 spiro atoms. The van der Waals surface area contributed by atoms with Crippen molar-refractivity contribution in [3.8, 4) is 0 Å². The van der Waals surface area contributed by atoms with E-state index in [0.717, 1.165) is 24.2 Å². The zero-order valence-electron chi connectivity index (χ0n) is 15.0. The van der Waals surface area contributed by atoms with Crippen LogP contribution < -0.4 is 15.5 Å².